The molecule has 0 fully saturated rings. The summed E-state index contributed by atoms with van der Waals surface area (Å²) in [4.78, 5) is 29.1. The Bertz CT molecular complexity index is 895. The summed E-state index contributed by atoms with van der Waals surface area (Å²) in [6.07, 6.45) is 2.23. The van der Waals surface area contributed by atoms with E-state index in [1.54, 1.807) is 6.92 Å². The lowest BCUT2D eigenvalue weighted by molar-refractivity contribution is 0.0523. The van der Waals surface area contributed by atoms with Gasteiger partial charge in [-0.2, -0.15) is 0 Å². The van der Waals surface area contributed by atoms with Crippen LogP contribution in [-0.4, -0.2) is 22.0 Å². The van der Waals surface area contributed by atoms with Gasteiger partial charge < -0.3 is 4.74 Å². The lowest BCUT2D eigenvalue weighted by atomic mass is 10.2. The smallest absolute Gasteiger partial charge is 0.345 e. The van der Waals surface area contributed by atoms with Crippen molar-refractivity contribution in [3.05, 3.63) is 45.9 Å². The Morgan fingerprint density at radius 2 is 2.19 bits per heavy atom. The number of esters is 1. The van der Waals surface area contributed by atoms with Crippen molar-refractivity contribution in [1.82, 2.24) is 9.38 Å². The second-order valence-electron chi connectivity index (χ2n) is 4.57. The quantitative estimate of drug-likeness (QED) is 0.698. The van der Waals surface area contributed by atoms with E-state index < -0.39 is 5.97 Å². The minimum atomic E-state index is -0.631. The third-order valence-corrected chi connectivity index (χ3v) is 4.32. The van der Waals surface area contributed by atoms with Crippen molar-refractivity contribution >= 4 is 32.5 Å². The highest BCUT2D eigenvalue weighted by Crippen LogP contribution is 2.25. The molecule has 0 radical (unpaired) electrons. The van der Waals surface area contributed by atoms with Crippen LogP contribution in [0.5, 0.6) is 0 Å². The van der Waals surface area contributed by atoms with Crippen LogP contribution >= 0.6 is 11.3 Å². The van der Waals surface area contributed by atoms with Crippen molar-refractivity contribution < 1.29 is 9.53 Å². The van der Waals surface area contributed by atoms with Crippen molar-refractivity contribution in [2.75, 3.05) is 6.61 Å². The fraction of sp³-hybridized carbons (Fsp3) is 0.267. The molecule has 3 aromatic rings. The first-order valence-corrected chi connectivity index (χ1v) is 7.57. The van der Waals surface area contributed by atoms with Gasteiger partial charge in [0.15, 0.2) is 4.96 Å². The number of benzene rings is 1. The molecule has 0 spiro atoms. The van der Waals surface area contributed by atoms with Gasteiger partial charge >= 0.3 is 5.97 Å². The molecular weight excluding hydrogens is 288 g/mol. The number of fused-ring (bicyclic) bond motifs is 3. The molecule has 0 N–H and O–H groups in total. The van der Waals surface area contributed by atoms with Gasteiger partial charge in [-0.1, -0.05) is 24.3 Å². The highest BCUT2D eigenvalue weighted by Gasteiger charge is 2.17. The maximum atomic E-state index is 12.5. The van der Waals surface area contributed by atoms with E-state index in [-0.39, 0.29) is 17.7 Å². The van der Waals surface area contributed by atoms with Gasteiger partial charge in [0.1, 0.15) is 5.56 Å². The fourth-order valence-corrected chi connectivity index (χ4v) is 3.27. The van der Waals surface area contributed by atoms with Crippen LogP contribution in [-0.2, 0) is 11.2 Å². The maximum absolute atomic E-state index is 12.5. The SMILES string of the molecule is CCOC(=O)c1cnc2sc3cc(CC)ccc3n2c1=O. The summed E-state index contributed by atoms with van der Waals surface area (Å²) in [5, 5.41) is 0. The average molecular weight is 302 g/mol. The van der Waals surface area contributed by atoms with E-state index in [4.69, 9.17) is 4.74 Å². The molecular formula is C15H14N2O3S. The third-order valence-electron chi connectivity index (χ3n) is 3.30. The number of ether oxygens (including phenoxy) is 1. The molecule has 2 heterocycles. The molecule has 0 saturated heterocycles. The molecule has 0 aliphatic rings. The molecule has 6 heteroatoms. The lowest BCUT2D eigenvalue weighted by Crippen LogP contribution is -2.23. The van der Waals surface area contributed by atoms with Crippen LogP contribution in [0.3, 0.4) is 0 Å². The van der Waals surface area contributed by atoms with Crippen LogP contribution in [0.15, 0.2) is 29.2 Å². The van der Waals surface area contributed by atoms with Gasteiger partial charge in [0, 0.05) is 0 Å². The van der Waals surface area contributed by atoms with Gasteiger partial charge in [-0.25, -0.2) is 9.78 Å². The molecule has 5 nitrogen and oxygen atoms in total. The van der Waals surface area contributed by atoms with Gasteiger partial charge in [0.25, 0.3) is 5.56 Å². The molecule has 0 aliphatic carbocycles. The number of hydrogen-bond donors (Lipinski definition) is 0. The van der Waals surface area contributed by atoms with Crippen LogP contribution in [0.2, 0.25) is 0 Å². The first-order valence-electron chi connectivity index (χ1n) is 6.76. The minimum absolute atomic E-state index is 0.0337. The standard InChI is InChI=1S/C15H14N2O3S/c1-3-9-5-6-11-12(7-9)21-15-16-8-10(13(18)17(11)15)14(19)20-4-2/h5-8H,3-4H2,1-2H3. The molecule has 21 heavy (non-hydrogen) atoms. The number of aromatic nitrogens is 2. The normalized spacial score (nSPS) is 11.1. The molecule has 108 valence electrons. The number of aryl methyl sites for hydroxylation is 1. The summed E-state index contributed by atoms with van der Waals surface area (Å²) in [5.41, 5.74) is 1.56. The van der Waals surface area contributed by atoms with E-state index in [1.165, 1.54) is 27.5 Å². The number of thiazole rings is 1. The van der Waals surface area contributed by atoms with Crippen molar-refractivity contribution in [2.24, 2.45) is 0 Å². The van der Waals surface area contributed by atoms with Crippen molar-refractivity contribution in [1.29, 1.82) is 0 Å². The lowest BCUT2D eigenvalue weighted by Gasteiger charge is -2.01. The van der Waals surface area contributed by atoms with Crippen LogP contribution in [0.4, 0.5) is 0 Å². The number of rotatable bonds is 3. The number of hydrogen-bond acceptors (Lipinski definition) is 5. The van der Waals surface area contributed by atoms with E-state index in [2.05, 4.69) is 18.0 Å². The second kappa shape index (κ2) is 5.29. The van der Waals surface area contributed by atoms with E-state index >= 15 is 0 Å². The molecule has 1 aromatic carbocycles. The first-order chi connectivity index (χ1) is 10.2. The van der Waals surface area contributed by atoms with Crippen molar-refractivity contribution in [2.45, 2.75) is 20.3 Å². The fourth-order valence-electron chi connectivity index (χ4n) is 2.22. The van der Waals surface area contributed by atoms with E-state index in [0.29, 0.717) is 4.96 Å². The molecule has 0 unspecified atom stereocenters. The van der Waals surface area contributed by atoms with Crippen molar-refractivity contribution in [3.8, 4) is 0 Å². The highest BCUT2D eigenvalue weighted by atomic mass is 32.1. The highest BCUT2D eigenvalue weighted by molar-refractivity contribution is 7.23. The largest absolute Gasteiger partial charge is 0.462 e. The van der Waals surface area contributed by atoms with Gasteiger partial charge in [-0.3, -0.25) is 9.20 Å². The number of carbonyl (C=O) groups is 1. The number of carbonyl (C=O) groups excluding carboxylic acids is 1. The Balaban J connectivity index is 2.29. The molecule has 0 saturated carbocycles. The summed E-state index contributed by atoms with van der Waals surface area (Å²) in [7, 11) is 0. The zero-order valence-corrected chi connectivity index (χ0v) is 12.6. The summed E-state index contributed by atoms with van der Waals surface area (Å²) in [6, 6.07) is 5.94. The molecule has 3 rings (SSSR count). The number of nitrogens with zero attached hydrogens (tertiary/aromatic N) is 2. The Morgan fingerprint density at radius 1 is 1.38 bits per heavy atom. The molecule has 0 atom stereocenters. The van der Waals surface area contributed by atoms with E-state index in [9.17, 15) is 9.59 Å². The maximum Gasteiger partial charge on any atom is 0.345 e. The van der Waals surface area contributed by atoms with Gasteiger partial charge in [-0.05, 0) is 31.0 Å². The average Bonchev–Trinajstić information content (AvgIpc) is 2.85. The minimum Gasteiger partial charge on any atom is -0.462 e. The third kappa shape index (κ3) is 2.21. The summed E-state index contributed by atoms with van der Waals surface area (Å²) >= 11 is 1.44. The van der Waals surface area contributed by atoms with E-state index in [1.807, 2.05) is 12.1 Å². The summed E-state index contributed by atoms with van der Waals surface area (Å²) in [5.74, 6) is -0.631. The Morgan fingerprint density at radius 3 is 2.90 bits per heavy atom. The van der Waals surface area contributed by atoms with Crippen molar-refractivity contribution in [3.63, 3.8) is 0 Å². The topological polar surface area (TPSA) is 60.7 Å². The summed E-state index contributed by atoms with van der Waals surface area (Å²) < 4.78 is 7.36. The Hall–Kier alpha value is -2.21. The van der Waals surface area contributed by atoms with Crippen LogP contribution in [0.25, 0.3) is 15.2 Å². The monoisotopic (exact) mass is 302 g/mol. The zero-order valence-electron chi connectivity index (χ0n) is 11.8. The Kier molecular flexibility index (Phi) is 3.47. The van der Waals surface area contributed by atoms with Crippen LogP contribution in [0, 0.1) is 0 Å². The molecule has 2 aromatic heterocycles. The molecule has 0 aliphatic heterocycles. The first kappa shape index (κ1) is 13.8. The van der Waals surface area contributed by atoms with Gasteiger partial charge in [0.05, 0.1) is 23.0 Å². The van der Waals surface area contributed by atoms with Gasteiger partial charge in [0.2, 0.25) is 0 Å². The van der Waals surface area contributed by atoms with Crippen LogP contribution < -0.4 is 5.56 Å². The molecule has 0 amide bonds. The predicted molar refractivity (Wildman–Crippen MR) is 82.2 cm³/mol. The van der Waals surface area contributed by atoms with Gasteiger partial charge in [-0.15, -0.1) is 0 Å². The summed E-state index contributed by atoms with van der Waals surface area (Å²) in [6.45, 7) is 4.01. The zero-order chi connectivity index (χ0) is 15.0. The van der Waals surface area contributed by atoms with E-state index in [0.717, 1.165) is 16.6 Å². The Labute approximate surface area is 124 Å². The second-order valence-corrected chi connectivity index (χ2v) is 5.58. The molecule has 0 bridgehead atoms. The predicted octanol–water partition coefficient (Wildman–Crippen LogP) is 2.65. The van der Waals surface area contributed by atoms with Crippen LogP contribution in [0.1, 0.15) is 29.8 Å².